The van der Waals surface area contributed by atoms with Crippen LogP contribution >= 0.6 is 0 Å². The Labute approximate surface area is 136 Å². The largest absolute Gasteiger partial charge is 1.00 e. The number of nitrogens with zero attached hydrogens (tertiary/aromatic N) is 1. The Bertz CT molecular complexity index is 391. The summed E-state index contributed by atoms with van der Waals surface area (Å²) in [5.74, 6) is -6.40. The van der Waals surface area contributed by atoms with Crippen LogP contribution in [0.15, 0.2) is 0 Å². The van der Waals surface area contributed by atoms with Crippen molar-refractivity contribution in [3.63, 3.8) is 0 Å². The number of carboxylic acid groups (broad SMARTS) is 4. The Kier molecular flexibility index (Phi) is 10.2. The summed E-state index contributed by atoms with van der Waals surface area (Å²) < 4.78 is 0. The molecule has 0 fully saturated rings. The fourth-order valence-corrected chi connectivity index (χ4v) is 1.36. The zero-order valence-electron chi connectivity index (χ0n) is 11.6. The second kappa shape index (κ2) is 9.66. The molecule has 0 bridgehead atoms. The van der Waals surface area contributed by atoms with Gasteiger partial charge in [-0.25, -0.2) is 4.79 Å². The van der Waals surface area contributed by atoms with Gasteiger partial charge >= 0.3 is 53.4 Å². The number of aliphatic hydroxyl groups excluding tert-OH is 1. The molecule has 11 heteroatoms. The van der Waals surface area contributed by atoms with Crippen LogP contribution in [0.5, 0.6) is 0 Å². The molecule has 0 aliphatic rings. The van der Waals surface area contributed by atoms with Crippen molar-refractivity contribution in [3.05, 3.63) is 0 Å². The summed E-state index contributed by atoms with van der Waals surface area (Å²) in [5, 5.41) is 43.7. The Balaban J connectivity index is -0.00000162. The molecule has 0 aromatic heterocycles. The summed E-state index contributed by atoms with van der Waals surface area (Å²) in [5.41, 5.74) is 0. The standard InChI is InChI=1S/C9H13NO9.Na.H/c11-4(12)1-2-10(3-5(13)14)6(8(16)17)7(15)9(18)19;;/h6-7,15H,1-3H2,(H,11,12)(H,13,14)(H,16,17)(H,18,19);;/q;+1;-1. The topological polar surface area (TPSA) is 173 Å². The number of carboxylic acids is 4. The van der Waals surface area contributed by atoms with E-state index in [1.165, 1.54) is 0 Å². The van der Waals surface area contributed by atoms with E-state index in [-0.39, 0.29) is 31.0 Å². The van der Waals surface area contributed by atoms with Crippen LogP contribution in [0.1, 0.15) is 7.85 Å². The Hall–Kier alpha value is -1.20. The zero-order valence-corrected chi connectivity index (χ0v) is 12.6. The summed E-state index contributed by atoms with van der Waals surface area (Å²) in [6, 6.07) is -2.05. The summed E-state index contributed by atoms with van der Waals surface area (Å²) >= 11 is 0. The Morgan fingerprint density at radius 2 is 1.45 bits per heavy atom. The van der Waals surface area contributed by atoms with Gasteiger partial charge in [0.1, 0.15) is 6.04 Å². The monoisotopic (exact) mass is 303 g/mol. The van der Waals surface area contributed by atoms with Crippen molar-refractivity contribution in [1.29, 1.82) is 0 Å². The molecule has 20 heavy (non-hydrogen) atoms. The van der Waals surface area contributed by atoms with Crippen molar-refractivity contribution in [3.8, 4) is 0 Å². The summed E-state index contributed by atoms with van der Waals surface area (Å²) in [4.78, 5) is 43.0. The van der Waals surface area contributed by atoms with Crippen molar-refractivity contribution in [2.75, 3.05) is 13.1 Å². The molecule has 0 rings (SSSR count). The molecule has 0 aromatic rings. The van der Waals surface area contributed by atoms with Gasteiger partial charge in [-0.15, -0.1) is 0 Å². The molecule has 0 saturated carbocycles. The number of aliphatic carboxylic acids is 4. The fraction of sp³-hybridized carbons (Fsp3) is 0.556. The van der Waals surface area contributed by atoms with E-state index >= 15 is 0 Å². The van der Waals surface area contributed by atoms with E-state index in [1.54, 1.807) is 0 Å². The smallest absolute Gasteiger partial charge is 1.00 e. The van der Waals surface area contributed by atoms with Gasteiger partial charge in [0, 0.05) is 6.54 Å². The third-order valence-corrected chi connectivity index (χ3v) is 2.15. The molecule has 0 saturated heterocycles. The Morgan fingerprint density at radius 3 is 1.75 bits per heavy atom. The number of rotatable bonds is 9. The molecule has 0 radical (unpaired) electrons. The van der Waals surface area contributed by atoms with Gasteiger partial charge in [-0.3, -0.25) is 19.3 Å². The number of hydrogen-bond acceptors (Lipinski definition) is 6. The van der Waals surface area contributed by atoms with Gasteiger partial charge in [0.25, 0.3) is 0 Å². The molecule has 2 unspecified atom stereocenters. The summed E-state index contributed by atoms with van der Waals surface area (Å²) in [6.07, 6.45) is -2.96. The van der Waals surface area contributed by atoms with Crippen LogP contribution in [0, 0.1) is 0 Å². The predicted molar refractivity (Wildman–Crippen MR) is 57.6 cm³/mol. The van der Waals surface area contributed by atoms with Gasteiger partial charge in [-0.1, -0.05) is 0 Å². The molecule has 0 aromatic carbocycles. The Morgan fingerprint density at radius 1 is 0.950 bits per heavy atom. The van der Waals surface area contributed by atoms with Crippen LogP contribution in [0.3, 0.4) is 0 Å². The van der Waals surface area contributed by atoms with E-state index in [1.807, 2.05) is 0 Å². The van der Waals surface area contributed by atoms with Gasteiger partial charge in [0.15, 0.2) is 6.10 Å². The molecule has 110 valence electrons. The summed E-state index contributed by atoms with van der Waals surface area (Å²) in [6.45, 7) is -1.43. The van der Waals surface area contributed by atoms with E-state index in [9.17, 15) is 24.3 Å². The number of aliphatic hydroxyl groups is 1. The first kappa shape index (κ1) is 21.1. The van der Waals surface area contributed by atoms with Crippen molar-refractivity contribution in [2.45, 2.75) is 18.6 Å². The zero-order chi connectivity index (χ0) is 15.2. The fourth-order valence-electron chi connectivity index (χ4n) is 1.36. The molecule has 0 spiro atoms. The van der Waals surface area contributed by atoms with Crippen LogP contribution in [-0.2, 0) is 19.2 Å². The third-order valence-electron chi connectivity index (χ3n) is 2.15. The SMILES string of the molecule is O=C(O)CCN(CC(=O)O)C(C(=O)O)C(O)C(=O)O.[H-].[Na+]. The first-order chi connectivity index (χ1) is 8.66. The van der Waals surface area contributed by atoms with E-state index in [4.69, 9.17) is 20.4 Å². The van der Waals surface area contributed by atoms with Crippen LogP contribution < -0.4 is 29.6 Å². The van der Waals surface area contributed by atoms with Crippen LogP contribution in [0.2, 0.25) is 0 Å². The van der Waals surface area contributed by atoms with E-state index in [0.29, 0.717) is 4.90 Å². The molecule has 10 nitrogen and oxygen atoms in total. The molecule has 0 heterocycles. The van der Waals surface area contributed by atoms with Gasteiger partial charge in [-0.2, -0.15) is 0 Å². The van der Waals surface area contributed by atoms with Gasteiger partial charge < -0.3 is 27.0 Å². The van der Waals surface area contributed by atoms with Crippen LogP contribution in [0.4, 0.5) is 0 Å². The van der Waals surface area contributed by atoms with Gasteiger partial charge in [0.05, 0.1) is 13.0 Å². The second-order valence-electron chi connectivity index (χ2n) is 3.57. The molecule has 0 amide bonds. The first-order valence-corrected chi connectivity index (χ1v) is 4.98. The minimum atomic E-state index is -2.37. The van der Waals surface area contributed by atoms with Crippen molar-refractivity contribution in [1.82, 2.24) is 4.90 Å². The summed E-state index contributed by atoms with van der Waals surface area (Å²) in [7, 11) is 0. The van der Waals surface area contributed by atoms with Gasteiger partial charge in [0.2, 0.25) is 0 Å². The molecule has 5 N–H and O–H groups in total. The molecular formula is C9H14NNaO9. The third kappa shape index (κ3) is 7.40. The first-order valence-electron chi connectivity index (χ1n) is 4.98. The number of carbonyl (C=O) groups is 4. The van der Waals surface area contributed by atoms with E-state index in [0.717, 1.165) is 0 Å². The molecule has 0 aliphatic heterocycles. The normalized spacial score (nSPS) is 13.1. The predicted octanol–water partition coefficient (Wildman–Crippen LogP) is -5.14. The maximum absolute atomic E-state index is 10.9. The van der Waals surface area contributed by atoms with Crippen molar-refractivity contribution >= 4 is 23.9 Å². The maximum Gasteiger partial charge on any atom is 1.00 e. The van der Waals surface area contributed by atoms with Crippen LogP contribution in [0.25, 0.3) is 0 Å². The van der Waals surface area contributed by atoms with Crippen molar-refractivity contribution in [2.24, 2.45) is 0 Å². The number of hydrogen-bond donors (Lipinski definition) is 5. The quantitative estimate of drug-likeness (QED) is 0.259. The van der Waals surface area contributed by atoms with Crippen LogP contribution in [-0.4, -0.2) is 79.5 Å². The van der Waals surface area contributed by atoms with Gasteiger partial charge in [-0.05, 0) is 0 Å². The van der Waals surface area contributed by atoms with Crippen molar-refractivity contribution < 1.29 is 75.7 Å². The van der Waals surface area contributed by atoms with E-state index < -0.39 is 55.5 Å². The average molecular weight is 303 g/mol. The molecule has 0 aliphatic carbocycles. The second-order valence-corrected chi connectivity index (χ2v) is 3.57. The maximum atomic E-state index is 10.9. The average Bonchev–Trinajstić information content (AvgIpc) is 2.24. The minimum Gasteiger partial charge on any atom is -1.00 e. The molecular weight excluding hydrogens is 289 g/mol. The minimum absolute atomic E-state index is 0. The van der Waals surface area contributed by atoms with E-state index in [2.05, 4.69) is 0 Å². The molecule has 2 atom stereocenters.